The molecule has 2 atom stereocenters. The monoisotopic (exact) mass is 539 g/mol. The van der Waals surface area contributed by atoms with Gasteiger partial charge in [-0.05, 0) is 48.1 Å². The van der Waals surface area contributed by atoms with E-state index in [1.54, 1.807) is 18.2 Å². The van der Waals surface area contributed by atoms with Gasteiger partial charge in [0.05, 0.1) is 27.0 Å². The molecule has 3 N–H and O–H groups in total. The van der Waals surface area contributed by atoms with Crippen LogP contribution in [0, 0.1) is 0 Å². The molecule has 0 spiro atoms. The number of rotatable bonds is 9. The van der Waals surface area contributed by atoms with Crippen LogP contribution in [0.25, 0.3) is 5.57 Å². The summed E-state index contributed by atoms with van der Waals surface area (Å²) in [5.41, 5.74) is 10.1. The minimum atomic E-state index is -4.25. The second-order valence-corrected chi connectivity index (χ2v) is 10.9. The summed E-state index contributed by atoms with van der Waals surface area (Å²) in [6.45, 7) is 0.444. The summed E-state index contributed by atoms with van der Waals surface area (Å²) in [6, 6.07) is 20.0. The van der Waals surface area contributed by atoms with Crippen molar-refractivity contribution >= 4 is 33.1 Å². The van der Waals surface area contributed by atoms with Gasteiger partial charge in [-0.25, -0.2) is 13.4 Å². The molecule has 0 fully saturated rings. The average Bonchev–Trinajstić information content (AvgIpc) is 2.87. The third kappa shape index (κ3) is 5.68. The van der Waals surface area contributed by atoms with E-state index in [0.717, 1.165) is 16.7 Å². The van der Waals surface area contributed by atoms with E-state index in [9.17, 15) is 22.6 Å². The van der Waals surface area contributed by atoms with E-state index in [2.05, 4.69) is 10.3 Å². The molecular formula is C28H26N3NaO5S. The van der Waals surface area contributed by atoms with Crippen molar-refractivity contribution < 1.29 is 52.1 Å². The van der Waals surface area contributed by atoms with E-state index in [4.69, 9.17) is 5.73 Å². The molecule has 2 unspecified atom stereocenters. The van der Waals surface area contributed by atoms with Crippen molar-refractivity contribution in [3.8, 4) is 0 Å². The Morgan fingerprint density at radius 1 is 0.947 bits per heavy atom. The Kier molecular flexibility index (Phi) is 8.66. The molecule has 5 rings (SSSR count). The normalized spacial score (nSPS) is 16.6. The number of benzene rings is 3. The number of hydrogen-bond acceptors (Lipinski definition) is 7. The van der Waals surface area contributed by atoms with E-state index >= 15 is 0 Å². The van der Waals surface area contributed by atoms with Gasteiger partial charge < -0.3 is 15.6 Å². The molecule has 3 aromatic carbocycles. The van der Waals surface area contributed by atoms with Crippen molar-refractivity contribution in [2.24, 2.45) is 10.7 Å². The van der Waals surface area contributed by atoms with Gasteiger partial charge in [0, 0.05) is 34.8 Å². The quantitative estimate of drug-likeness (QED) is 0.258. The van der Waals surface area contributed by atoms with Crippen LogP contribution in [0.2, 0.25) is 0 Å². The van der Waals surface area contributed by atoms with Crippen LogP contribution >= 0.6 is 0 Å². The molecule has 1 heterocycles. The zero-order chi connectivity index (χ0) is 26.2. The summed E-state index contributed by atoms with van der Waals surface area (Å²) in [7, 11) is -4.25. The van der Waals surface area contributed by atoms with Crippen molar-refractivity contribution in [2.45, 2.75) is 31.2 Å². The molecule has 1 amide bonds. The Hall–Kier alpha value is -2.66. The molecule has 0 aromatic heterocycles. The van der Waals surface area contributed by atoms with Crippen molar-refractivity contribution in [2.75, 3.05) is 17.6 Å². The number of anilines is 1. The Balaban J connectivity index is 0.00000336. The molecule has 0 radical (unpaired) electrons. The molecular weight excluding hydrogens is 513 g/mol. The molecule has 0 bridgehead atoms. The molecule has 0 saturated carbocycles. The maximum Gasteiger partial charge on any atom is 1.00 e. The van der Waals surface area contributed by atoms with Crippen LogP contribution in [-0.4, -0.2) is 43.0 Å². The number of nitrogens with zero attached hydrogens (tertiary/aromatic N) is 1. The van der Waals surface area contributed by atoms with Gasteiger partial charge in [-0.1, -0.05) is 54.6 Å². The zero-order valence-electron chi connectivity index (χ0n) is 21.0. The number of carbonyl (C=O) groups excluding carboxylic acids is 2. The summed E-state index contributed by atoms with van der Waals surface area (Å²) in [6.07, 6.45) is 1.14. The minimum Gasteiger partial charge on any atom is -0.748 e. The first-order valence-corrected chi connectivity index (χ1v) is 13.7. The second-order valence-electron chi connectivity index (χ2n) is 9.34. The summed E-state index contributed by atoms with van der Waals surface area (Å²) in [5.74, 6) is -1.46. The third-order valence-electron chi connectivity index (χ3n) is 6.84. The first kappa shape index (κ1) is 28.4. The van der Waals surface area contributed by atoms with Gasteiger partial charge >= 0.3 is 29.6 Å². The second kappa shape index (κ2) is 11.6. The SMILES string of the molecule is NC(CCCS(=O)(=O)[O-])CCNc1ccc2c3c1C(=O)c1ccccc1C=3C(c1ccccc1)C(=O)N=2.[Na+]. The first-order chi connectivity index (χ1) is 17.7. The number of nitrogens with one attached hydrogen (secondary N) is 1. The van der Waals surface area contributed by atoms with Crippen LogP contribution in [0.1, 0.15) is 52.2 Å². The standard InChI is InChI=1S/C28H27N3O5S.Na/c29-18(9-6-16-37(34,35)36)14-15-30-21-12-13-22-25-24(19-10-4-5-11-20(19)27(32)26(21)25)23(28(33)31-22)17-7-2-1-3-8-17;/h1-5,7-8,10-13,18,23,30H,6,9,14-16,29H2,(H,34,35,36);/q;+1/p-1. The number of carbonyl (C=O) groups is 2. The molecule has 190 valence electrons. The number of ketones is 1. The maximum atomic E-state index is 13.7. The van der Waals surface area contributed by atoms with Crippen LogP contribution in [0.15, 0.2) is 71.7 Å². The van der Waals surface area contributed by atoms with Crippen molar-refractivity contribution in [1.29, 1.82) is 0 Å². The summed E-state index contributed by atoms with van der Waals surface area (Å²) < 4.78 is 32.4. The van der Waals surface area contributed by atoms with Gasteiger partial charge in [-0.15, -0.1) is 0 Å². The Morgan fingerprint density at radius 3 is 2.34 bits per heavy atom. The average molecular weight is 540 g/mol. The smallest absolute Gasteiger partial charge is 0.748 e. The van der Waals surface area contributed by atoms with E-state index in [0.29, 0.717) is 46.8 Å². The van der Waals surface area contributed by atoms with Crippen LogP contribution in [0.3, 0.4) is 0 Å². The largest absolute Gasteiger partial charge is 1.00 e. The minimum absolute atomic E-state index is 0. The first-order valence-electron chi connectivity index (χ1n) is 12.2. The molecule has 10 heteroatoms. The van der Waals surface area contributed by atoms with E-state index in [-0.39, 0.29) is 53.7 Å². The number of hydrogen-bond donors (Lipinski definition) is 2. The number of fused-ring (bicyclic) bond motifs is 2. The maximum absolute atomic E-state index is 13.7. The third-order valence-corrected chi connectivity index (χ3v) is 7.63. The van der Waals surface area contributed by atoms with Gasteiger partial charge in [0.25, 0.3) is 5.91 Å². The fraction of sp³-hybridized carbons (Fsp3) is 0.250. The van der Waals surface area contributed by atoms with Gasteiger partial charge in [0.15, 0.2) is 5.78 Å². The summed E-state index contributed by atoms with van der Waals surface area (Å²) in [5, 5.41) is 4.46. The van der Waals surface area contributed by atoms with Crippen molar-refractivity contribution in [1.82, 2.24) is 0 Å². The van der Waals surface area contributed by atoms with Gasteiger partial charge in [0.2, 0.25) is 0 Å². The van der Waals surface area contributed by atoms with Crippen LogP contribution in [0.4, 0.5) is 5.69 Å². The number of amides is 1. The number of nitrogens with two attached hydrogens (primary N) is 1. The van der Waals surface area contributed by atoms with Gasteiger partial charge in [-0.3, -0.25) is 9.59 Å². The molecule has 8 nitrogen and oxygen atoms in total. The molecule has 38 heavy (non-hydrogen) atoms. The van der Waals surface area contributed by atoms with E-state index in [1.165, 1.54) is 0 Å². The molecule has 0 saturated heterocycles. The van der Waals surface area contributed by atoms with Crippen molar-refractivity contribution in [3.05, 3.63) is 99.6 Å². The van der Waals surface area contributed by atoms with Gasteiger partial charge in [-0.2, -0.15) is 0 Å². The molecule has 2 aliphatic rings. The Bertz CT molecular complexity index is 1620. The molecule has 3 aromatic rings. The fourth-order valence-electron chi connectivity index (χ4n) is 5.15. The Morgan fingerprint density at radius 2 is 1.63 bits per heavy atom. The van der Waals surface area contributed by atoms with E-state index < -0.39 is 21.8 Å². The summed E-state index contributed by atoms with van der Waals surface area (Å²) in [4.78, 5) is 31.4. The molecule has 1 aliphatic heterocycles. The fourth-order valence-corrected chi connectivity index (χ4v) is 5.67. The predicted molar refractivity (Wildman–Crippen MR) is 139 cm³/mol. The van der Waals surface area contributed by atoms with Crippen LogP contribution < -0.4 is 51.2 Å². The summed E-state index contributed by atoms with van der Waals surface area (Å²) >= 11 is 0. The van der Waals surface area contributed by atoms with Crippen LogP contribution in [-0.2, 0) is 14.9 Å². The van der Waals surface area contributed by atoms with Crippen LogP contribution in [0.5, 0.6) is 0 Å². The van der Waals surface area contributed by atoms with E-state index in [1.807, 2.05) is 48.5 Å². The van der Waals surface area contributed by atoms with Gasteiger partial charge in [0.1, 0.15) is 0 Å². The zero-order valence-corrected chi connectivity index (χ0v) is 23.8. The van der Waals surface area contributed by atoms with Crippen molar-refractivity contribution in [3.63, 3.8) is 0 Å². The topological polar surface area (TPSA) is 142 Å². The Labute approximate surface area is 243 Å². The predicted octanol–water partition coefficient (Wildman–Crippen LogP) is -1.17. The molecule has 1 aliphatic carbocycles.